The fraction of sp³-hybridized carbons (Fsp3) is 0.200. The van der Waals surface area contributed by atoms with Crippen LogP contribution in [0.4, 0.5) is 0 Å². The molecule has 1 amide bonds. The molecule has 0 spiro atoms. The molecule has 0 aliphatic carbocycles. The van der Waals surface area contributed by atoms with E-state index in [-0.39, 0.29) is 12.5 Å². The van der Waals surface area contributed by atoms with Gasteiger partial charge in [-0.3, -0.25) is 4.79 Å². The zero-order chi connectivity index (χ0) is 32.5. The van der Waals surface area contributed by atoms with Gasteiger partial charge in [0.25, 0.3) is 5.91 Å². The summed E-state index contributed by atoms with van der Waals surface area (Å²) in [5, 5.41) is 12.3. The molecule has 1 heterocycles. The van der Waals surface area contributed by atoms with Gasteiger partial charge in [-0.2, -0.15) is 0 Å². The first-order valence-electron chi connectivity index (χ1n) is 15.9. The van der Waals surface area contributed by atoms with Gasteiger partial charge in [-0.05, 0) is 70.6 Å². The quantitative estimate of drug-likeness (QED) is 0.124. The number of nitrogens with one attached hydrogen (secondary N) is 1. The van der Waals surface area contributed by atoms with Crippen LogP contribution in [0.15, 0.2) is 143 Å². The molecule has 0 saturated carbocycles. The number of carbonyl (C=O) groups is 1. The van der Waals surface area contributed by atoms with Crippen LogP contribution in [-0.4, -0.2) is 42.2 Å². The summed E-state index contributed by atoms with van der Waals surface area (Å²) in [6.45, 7) is 0.966. The normalized spacial score (nSPS) is 17.1. The number of hydrogen-bond donors (Lipinski definition) is 2. The number of aliphatic imine (C=N–C) groups is 1. The highest BCUT2D eigenvalue weighted by Gasteiger charge is 2.53. The first-order chi connectivity index (χ1) is 23.0. The summed E-state index contributed by atoms with van der Waals surface area (Å²) in [5.41, 5.74) is 4.66. The Morgan fingerprint density at radius 1 is 0.787 bits per heavy atom. The molecule has 6 rings (SSSR count). The first-order valence-corrected chi connectivity index (χ1v) is 16.7. The second-order valence-corrected chi connectivity index (χ2v) is 12.5. The molecule has 0 fully saturated rings. The molecule has 5 aromatic rings. The number of aliphatic hydroxyl groups excluding tert-OH is 1. The number of ether oxygens (including phenoxy) is 2. The fourth-order valence-corrected chi connectivity index (χ4v) is 6.06. The minimum atomic E-state index is -1.27. The molecule has 5 aromatic carbocycles. The largest absolute Gasteiger partial charge is 0.494 e. The highest BCUT2D eigenvalue weighted by atomic mass is 79.9. The molecule has 2 atom stereocenters. The van der Waals surface area contributed by atoms with Gasteiger partial charge in [-0.25, -0.2) is 4.99 Å². The lowest BCUT2D eigenvalue weighted by Gasteiger charge is -2.31. The Labute approximate surface area is 284 Å². The molecule has 0 saturated heterocycles. The number of halogens is 1. The van der Waals surface area contributed by atoms with E-state index >= 15 is 0 Å². The molecule has 0 aromatic heterocycles. The van der Waals surface area contributed by atoms with E-state index < -0.39 is 11.6 Å². The van der Waals surface area contributed by atoms with Gasteiger partial charge >= 0.3 is 0 Å². The SMILES string of the molecule is O=C(NCCc1ccccc1)[C@]1(Cc2ccc(Br)cc2)N=C(c2ccc(OCCCO)cc2)O[C@@H]1c1ccc(-c2ccccc2)cc1. The maximum atomic E-state index is 14.5. The summed E-state index contributed by atoms with van der Waals surface area (Å²) >= 11 is 3.54. The third-order valence-corrected chi connectivity index (χ3v) is 8.81. The Morgan fingerprint density at radius 3 is 2.11 bits per heavy atom. The molecule has 6 nitrogen and oxygen atoms in total. The number of amides is 1. The van der Waals surface area contributed by atoms with Gasteiger partial charge in [0.15, 0.2) is 11.6 Å². The summed E-state index contributed by atoms with van der Waals surface area (Å²) in [6.07, 6.45) is 0.921. The van der Waals surface area contributed by atoms with E-state index in [4.69, 9.17) is 19.6 Å². The molecule has 0 radical (unpaired) electrons. The Kier molecular flexibility index (Phi) is 10.5. The average molecular weight is 690 g/mol. The van der Waals surface area contributed by atoms with Crippen molar-refractivity contribution in [3.8, 4) is 16.9 Å². The molecule has 2 N–H and O–H groups in total. The maximum Gasteiger partial charge on any atom is 0.252 e. The molecule has 238 valence electrons. The van der Waals surface area contributed by atoms with Crippen molar-refractivity contribution in [2.75, 3.05) is 19.8 Å². The van der Waals surface area contributed by atoms with Crippen LogP contribution in [-0.2, 0) is 22.4 Å². The van der Waals surface area contributed by atoms with E-state index in [0.717, 1.165) is 37.9 Å². The lowest BCUT2D eigenvalue weighted by atomic mass is 9.81. The molecule has 0 bridgehead atoms. The Hall–Kier alpha value is -4.72. The summed E-state index contributed by atoms with van der Waals surface area (Å²) in [5.74, 6) is 0.903. The van der Waals surface area contributed by atoms with E-state index in [2.05, 4.69) is 57.6 Å². The predicted octanol–water partition coefficient (Wildman–Crippen LogP) is 7.74. The second-order valence-electron chi connectivity index (χ2n) is 11.6. The molecular weight excluding hydrogens is 652 g/mol. The number of hydrogen-bond acceptors (Lipinski definition) is 5. The monoisotopic (exact) mass is 688 g/mol. The minimum absolute atomic E-state index is 0.0737. The van der Waals surface area contributed by atoms with Crippen LogP contribution < -0.4 is 10.1 Å². The molecular formula is C40H37BrN2O4. The van der Waals surface area contributed by atoms with Crippen LogP contribution in [0, 0.1) is 0 Å². The summed E-state index contributed by atoms with van der Waals surface area (Å²) in [6, 6.07) is 44.1. The van der Waals surface area contributed by atoms with Crippen LogP contribution in [0.3, 0.4) is 0 Å². The van der Waals surface area contributed by atoms with Crippen LogP contribution in [0.25, 0.3) is 11.1 Å². The first kappa shape index (κ1) is 32.2. The van der Waals surface area contributed by atoms with E-state index in [1.807, 2.05) is 97.1 Å². The number of benzene rings is 5. The fourth-order valence-electron chi connectivity index (χ4n) is 5.79. The van der Waals surface area contributed by atoms with E-state index in [9.17, 15) is 4.79 Å². The lowest BCUT2D eigenvalue weighted by Crippen LogP contribution is -2.50. The van der Waals surface area contributed by atoms with Gasteiger partial charge in [0.2, 0.25) is 5.90 Å². The third-order valence-electron chi connectivity index (χ3n) is 8.28. The van der Waals surface area contributed by atoms with Gasteiger partial charge in [0.05, 0.1) is 6.61 Å². The average Bonchev–Trinajstić information content (AvgIpc) is 3.51. The zero-order valence-electron chi connectivity index (χ0n) is 26.0. The van der Waals surface area contributed by atoms with E-state index in [1.165, 1.54) is 0 Å². The van der Waals surface area contributed by atoms with Crippen LogP contribution in [0.1, 0.15) is 34.8 Å². The van der Waals surface area contributed by atoms with E-state index in [1.54, 1.807) is 0 Å². The Morgan fingerprint density at radius 2 is 1.43 bits per heavy atom. The van der Waals surface area contributed by atoms with Crippen molar-refractivity contribution < 1.29 is 19.4 Å². The van der Waals surface area contributed by atoms with Crippen molar-refractivity contribution in [3.05, 3.63) is 160 Å². The van der Waals surface area contributed by atoms with Crippen LogP contribution in [0.5, 0.6) is 5.75 Å². The van der Waals surface area contributed by atoms with Crippen molar-refractivity contribution in [1.82, 2.24) is 5.32 Å². The van der Waals surface area contributed by atoms with Crippen LogP contribution >= 0.6 is 15.9 Å². The third kappa shape index (κ3) is 7.81. The van der Waals surface area contributed by atoms with Gasteiger partial charge < -0.3 is 19.9 Å². The smallest absolute Gasteiger partial charge is 0.252 e. The van der Waals surface area contributed by atoms with Gasteiger partial charge in [0.1, 0.15) is 5.75 Å². The number of carbonyl (C=O) groups excluding carboxylic acids is 1. The predicted molar refractivity (Wildman–Crippen MR) is 190 cm³/mol. The van der Waals surface area contributed by atoms with Crippen molar-refractivity contribution in [1.29, 1.82) is 0 Å². The molecule has 1 aliphatic rings. The summed E-state index contributed by atoms with van der Waals surface area (Å²) in [7, 11) is 0. The van der Waals surface area contributed by atoms with Gasteiger partial charge in [-0.15, -0.1) is 0 Å². The molecule has 0 unspecified atom stereocenters. The highest BCUT2D eigenvalue weighted by molar-refractivity contribution is 9.10. The number of nitrogens with zero attached hydrogens (tertiary/aromatic N) is 1. The summed E-state index contributed by atoms with van der Waals surface area (Å²) in [4.78, 5) is 19.7. The van der Waals surface area contributed by atoms with Gasteiger partial charge in [-0.1, -0.05) is 113 Å². The lowest BCUT2D eigenvalue weighted by molar-refractivity contribution is -0.128. The topological polar surface area (TPSA) is 80.2 Å². The minimum Gasteiger partial charge on any atom is -0.494 e. The van der Waals surface area contributed by atoms with Crippen molar-refractivity contribution >= 4 is 27.7 Å². The maximum absolute atomic E-state index is 14.5. The Balaban J connectivity index is 1.37. The number of rotatable bonds is 13. The van der Waals surface area contributed by atoms with Crippen molar-refractivity contribution in [2.45, 2.75) is 30.9 Å². The van der Waals surface area contributed by atoms with Gasteiger partial charge in [0, 0.05) is 36.0 Å². The molecule has 1 aliphatic heterocycles. The zero-order valence-corrected chi connectivity index (χ0v) is 27.6. The van der Waals surface area contributed by atoms with E-state index in [0.29, 0.717) is 44.1 Å². The molecule has 7 heteroatoms. The Bertz CT molecular complexity index is 1780. The van der Waals surface area contributed by atoms with Crippen LogP contribution in [0.2, 0.25) is 0 Å². The number of aliphatic hydroxyl groups is 1. The van der Waals surface area contributed by atoms with Crippen molar-refractivity contribution in [2.24, 2.45) is 4.99 Å². The molecule has 47 heavy (non-hydrogen) atoms. The second kappa shape index (κ2) is 15.2. The van der Waals surface area contributed by atoms with Crippen molar-refractivity contribution in [3.63, 3.8) is 0 Å². The standard InChI is InChI=1S/C40H37BrN2O4/c41-35-20-12-30(13-21-35)28-40(39(45)42-25-24-29-8-3-1-4-9-29)37(33-16-14-32(15-17-33)31-10-5-2-6-11-31)47-38(43-40)34-18-22-36(23-19-34)46-27-7-26-44/h1-6,8-23,37,44H,7,24-28H2,(H,42,45)/t37-,40-/m1/s1. The highest BCUT2D eigenvalue weighted by Crippen LogP contribution is 2.43. The summed E-state index contributed by atoms with van der Waals surface area (Å²) < 4.78 is 13.4.